The fourth-order valence-corrected chi connectivity index (χ4v) is 4.10. The maximum atomic E-state index is 12.2. The Bertz CT molecular complexity index is 886. The number of nitrogens with two attached hydrogens (primary N) is 1. The zero-order chi connectivity index (χ0) is 20.9. The minimum absolute atomic E-state index is 0.00263. The van der Waals surface area contributed by atoms with Crippen LogP contribution in [-0.2, 0) is 11.2 Å². The second-order valence-electron chi connectivity index (χ2n) is 7.91. The number of nitrogens with one attached hydrogen (secondary N) is 1. The minimum Gasteiger partial charge on any atom is -0.486 e. The summed E-state index contributed by atoms with van der Waals surface area (Å²) in [5.41, 5.74) is 6.58. The van der Waals surface area contributed by atoms with Gasteiger partial charge in [0.1, 0.15) is 18.5 Å². The minimum atomic E-state index is -0.0118. The number of fused-ring (bicyclic) bond motifs is 1. The van der Waals surface area contributed by atoms with E-state index in [1.54, 1.807) is 24.4 Å². The second kappa shape index (κ2) is 9.53. The van der Waals surface area contributed by atoms with Gasteiger partial charge in [0, 0.05) is 35.9 Å². The number of nitrogens with zero attached hydrogens (tertiary/aromatic N) is 2. The van der Waals surface area contributed by atoms with Gasteiger partial charge in [-0.3, -0.25) is 9.69 Å². The van der Waals surface area contributed by atoms with Crippen molar-refractivity contribution in [2.45, 2.75) is 25.4 Å². The molecular weight excluding hydrogens is 404 g/mol. The number of hydrogen-bond donors (Lipinski definition) is 2. The topological polar surface area (TPSA) is 89.7 Å². The van der Waals surface area contributed by atoms with Crippen LogP contribution in [0, 0.1) is 5.92 Å². The van der Waals surface area contributed by atoms with E-state index in [2.05, 4.69) is 15.2 Å². The molecule has 0 aliphatic carbocycles. The standard InChI is InChI=1S/C22H27ClN4O3/c23-17-3-4-19-20(11-17)30-18(14-29-19)13-27-8-5-15(6-9-27)12-26-21(28)10-16-2-1-7-25-22(16)24/h1-4,7,11,15,18H,5-6,8-10,12-14H2,(H2,24,25)(H,26,28). The van der Waals surface area contributed by atoms with E-state index in [1.807, 2.05) is 12.1 Å². The molecule has 2 aliphatic heterocycles. The molecule has 0 radical (unpaired) electrons. The third-order valence-corrected chi connectivity index (χ3v) is 5.89. The van der Waals surface area contributed by atoms with Crippen LogP contribution in [0.15, 0.2) is 36.5 Å². The normalized spacial score (nSPS) is 19.4. The molecule has 1 saturated heterocycles. The number of aromatic nitrogens is 1. The van der Waals surface area contributed by atoms with Gasteiger partial charge in [0.05, 0.1) is 6.42 Å². The molecule has 3 N–H and O–H groups in total. The molecule has 1 amide bonds. The molecule has 0 bridgehead atoms. The van der Waals surface area contributed by atoms with Crippen molar-refractivity contribution in [3.05, 3.63) is 47.1 Å². The van der Waals surface area contributed by atoms with Crippen LogP contribution in [-0.4, -0.2) is 54.7 Å². The predicted molar refractivity (Wildman–Crippen MR) is 116 cm³/mol. The number of ether oxygens (including phenoxy) is 2. The van der Waals surface area contributed by atoms with Crippen molar-refractivity contribution in [1.29, 1.82) is 0 Å². The number of carbonyl (C=O) groups excluding carboxylic acids is 1. The molecule has 0 spiro atoms. The first-order valence-electron chi connectivity index (χ1n) is 10.3. The van der Waals surface area contributed by atoms with E-state index < -0.39 is 0 Å². The fourth-order valence-electron chi connectivity index (χ4n) is 3.93. The van der Waals surface area contributed by atoms with E-state index in [4.69, 9.17) is 26.8 Å². The van der Waals surface area contributed by atoms with Crippen LogP contribution in [0.25, 0.3) is 0 Å². The third kappa shape index (κ3) is 5.34. The first-order valence-corrected chi connectivity index (χ1v) is 10.7. The summed E-state index contributed by atoms with van der Waals surface area (Å²) in [6.07, 6.45) is 3.99. The van der Waals surface area contributed by atoms with Crippen molar-refractivity contribution in [3.63, 3.8) is 0 Å². The van der Waals surface area contributed by atoms with E-state index >= 15 is 0 Å². The Kier molecular flexibility index (Phi) is 6.59. The SMILES string of the molecule is Nc1ncccc1CC(=O)NCC1CCN(CC2COc3ccc(Cl)cc3O2)CC1. The van der Waals surface area contributed by atoms with Crippen LogP contribution < -0.4 is 20.5 Å². The van der Waals surface area contributed by atoms with Crippen LogP contribution in [0.1, 0.15) is 18.4 Å². The van der Waals surface area contributed by atoms with Gasteiger partial charge in [-0.05, 0) is 50.0 Å². The lowest BCUT2D eigenvalue weighted by Gasteiger charge is -2.35. The zero-order valence-corrected chi connectivity index (χ0v) is 17.6. The number of carbonyl (C=O) groups is 1. The van der Waals surface area contributed by atoms with Crippen molar-refractivity contribution in [1.82, 2.24) is 15.2 Å². The smallest absolute Gasteiger partial charge is 0.224 e. The first kappa shape index (κ1) is 20.8. The van der Waals surface area contributed by atoms with E-state index in [1.165, 1.54) is 0 Å². The van der Waals surface area contributed by atoms with E-state index in [9.17, 15) is 4.79 Å². The molecule has 2 aromatic rings. The summed E-state index contributed by atoms with van der Waals surface area (Å²) in [4.78, 5) is 18.6. The van der Waals surface area contributed by atoms with Gasteiger partial charge in [-0.1, -0.05) is 17.7 Å². The average Bonchev–Trinajstić information content (AvgIpc) is 2.75. The number of halogens is 1. The van der Waals surface area contributed by atoms with Gasteiger partial charge in [0.2, 0.25) is 5.91 Å². The maximum absolute atomic E-state index is 12.2. The van der Waals surface area contributed by atoms with Crippen molar-refractivity contribution in [2.24, 2.45) is 5.92 Å². The Morgan fingerprint density at radius 1 is 1.27 bits per heavy atom. The maximum Gasteiger partial charge on any atom is 0.224 e. The monoisotopic (exact) mass is 430 g/mol. The highest BCUT2D eigenvalue weighted by atomic mass is 35.5. The molecule has 1 atom stereocenters. The molecule has 160 valence electrons. The second-order valence-corrected chi connectivity index (χ2v) is 8.35. The summed E-state index contributed by atoms with van der Waals surface area (Å²) < 4.78 is 11.9. The van der Waals surface area contributed by atoms with Gasteiger partial charge in [0.15, 0.2) is 11.5 Å². The van der Waals surface area contributed by atoms with Gasteiger partial charge >= 0.3 is 0 Å². The number of anilines is 1. The number of piperidine rings is 1. The quantitative estimate of drug-likeness (QED) is 0.732. The highest BCUT2D eigenvalue weighted by Crippen LogP contribution is 2.34. The molecule has 1 aromatic carbocycles. The number of benzene rings is 1. The first-order chi connectivity index (χ1) is 14.6. The van der Waals surface area contributed by atoms with Crippen molar-refractivity contribution < 1.29 is 14.3 Å². The number of amides is 1. The lowest BCUT2D eigenvalue weighted by molar-refractivity contribution is -0.120. The number of pyridine rings is 1. The summed E-state index contributed by atoms with van der Waals surface area (Å²) >= 11 is 6.05. The number of nitrogen functional groups attached to an aromatic ring is 1. The number of hydrogen-bond acceptors (Lipinski definition) is 6. The Morgan fingerprint density at radius 3 is 2.90 bits per heavy atom. The molecule has 4 rings (SSSR count). The van der Waals surface area contributed by atoms with Crippen LogP contribution in [0.4, 0.5) is 5.82 Å². The summed E-state index contributed by atoms with van der Waals surface area (Å²) in [5, 5.41) is 3.69. The summed E-state index contributed by atoms with van der Waals surface area (Å²) in [6, 6.07) is 9.08. The Hall–Kier alpha value is -2.51. The molecule has 2 aliphatic rings. The van der Waals surface area contributed by atoms with Crippen LogP contribution >= 0.6 is 11.6 Å². The van der Waals surface area contributed by atoms with Gasteiger partial charge in [-0.2, -0.15) is 0 Å². The molecule has 1 fully saturated rings. The Morgan fingerprint density at radius 2 is 2.10 bits per heavy atom. The van der Waals surface area contributed by atoms with Gasteiger partial charge < -0.3 is 20.5 Å². The average molecular weight is 431 g/mol. The predicted octanol–water partition coefficient (Wildman–Crippen LogP) is 2.53. The Balaban J connectivity index is 1.17. The third-order valence-electron chi connectivity index (χ3n) is 5.66. The number of likely N-dealkylation sites (tertiary alicyclic amines) is 1. The molecule has 3 heterocycles. The molecule has 8 heteroatoms. The molecule has 30 heavy (non-hydrogen) atoms. The highest BCUT2D eigenvalue weighted by Gasteiger charge is 2.26. The lowest BCUT2D eigenvalue weighted by atomic mass is 9.96. The summed E-state index contributed by atoms with van der Waals surface area (Å²) in [7, 11) is 0. The van der Waals surface area contributed by atoms with Gasteiger partial charge in [0.25, 0.3) is 0 Å². The molecule has 1 unspecified atom stereocenters. The van der Waals surface area contributed by atoms with Gasteiger partial charge in [-0.15, -0.1) is 0 Å². The van der Waals surface area contributed by atoms with Crippen molar-refractivity contribution >= 4 is 23.3 Å². The fraction of sp³-hybridized carbons (Fsp3) is 0.455. The van der Waals surface area contributed by atoms with E-state index in [0.29, 0.717) is 35.7 Å². The zero-order valence-electron chi connectivity index (χ0n) is 16.9. The van der Waals surface area contributed by atoms with Crippen LogP contribution in [0.2, 0.25) is 5.02 Å². The van der Waals surface area contributed by atoms with E-state index in [-0.39, 0.29) is 18.4 Å². The largest absolute Gasteiger partial charge is 0.486 e. The molecule has 1 aromatic heterocycles. The van der Waals surface area contributed by atoms with Gasteiger partial charge in [-0.25, -0.2) is 4.98 Å². The van der Waals surface area contributed by atoms with Crippen molar-refractivity contribution in [2.75, 3.05) is 38.5 Å². The van der Waals surface area contributed by atoms with Crippen LogP contribution in [0.3, 0.4) is 0 Å². The highest BCUT2D eigenvalue weighted by molar-refractivity contribution is 6.30. The van der Waals surface area contributed by atoms with E-state index in [0.717, 1.165) is 43.8 Å². The molecular formula is C22H27ClN4O3. The van der Waals surface area contributed by atoms with Crippen molar-refractivity contribution in [3.8, 4) is 11.5 Å². The molecule has 7 nitrogen and oxygen atoms in total. The summed E-state index contributed by atoms with van der Waals surface area (Å²) in [5.74, 6) is 2.35. The lowest BCUT2D eigenvalue weighted by Crippen LogP contribution is -2.45. The number of rotatable bonds is 6. The Labute approximate surface area is 181 Å². The van der Waals surface area contributed by atoms with Crippen LogP contribution in [0.5, 0.6) is 11.5 Å². The summed E-state index contributed by atoms with van der Waals surface area (Å²) in [6.45, 7) is 4.03. The molecule has 0 saturated carbocycles.